The van der Waals surface area contributed by atoms with Gasteiger partial charge in [0.25, 0.3) is 0 Å². The molecule has 120 valence electrons. The van der Waals surface area contributed by atoms with Gasteiger partial charge in [-0.3, -0.25) is 0 Å². The van der Waals surface area contributed by atoms with Gasteiger partial charge in [-0.1, -0.05) is 12.1 Å². The highest BCUT2D eigenvalue weighted by atomic mass is 19.4. The predicted molar refractivity (Wildman–Crippen MR) is 65.7 cm³/mol. The third-order valence-corrected chi connectivity index (χ3v) is 3.04. The molecule has 21 heavy (non-hydrogen) atoms. The summed E-state index contributed by atoms with van der Waals surface area (Å²) >= 11 is 0. The van der Waals surface area contributed by atoms with Crippen molar-refractivity contribution in [2.24, 2.45) is 0 Å². The van der Waals surface area contributed by atoms with Gasteiger partial charge in [-0.2, -0.15) is 26.3 Å². The van der Waals surface area contributed by atoms with E-state index in [2.05, 4.69) is 0 Å². The Hall–Kier alpha value is -1.24. The van der Waals surface area contributed by atoms with Crippen LogP contribution in [0.4, 0.5) is 26.3 Å². The second-order valence-electron chi connectivity index (χ2n) is 5.34. The first-order valence-corrected chi connectivity index (χ1v) is 6.34. The van der Waals surface area contributed by atoms with E-state index >= 15 is 0 Å². The van der Waals surface area contributed by atoms with E-state index in [-0.39, 0.29) is 19.3 Å². The third kappa shape index (κ3) is 6.84. The van der Waals surface area contributed by atoms with Crippen molar-refractivity contribution in [3.63, 3.8) is 0 Å². The lowest BCUT2D eigenvalue weighted by Crippen LogP contribution is -2.27. The maximum Gasteiger partial charge on any atom is 0.416 e. The fourth-order valence-electron chi connectivity index (χ4n) is 2.01. The molecule has 0 fully saturated rings. The molecule has 0 saturated carbocycles. The van der Waals surface area contributed by atoms with Crippen LogP contribution >= 0.6 is 0 Å². The number of benzene rings is 1. The summed E-state index contributed by atoms with van der Waals surface area (Å²) in [5, 5.41) is 10.0. The first kappa shape index (κ1) is 17.8. The van der Waals surface area contributed by atoms with Crippen LogP contribution in [0.5, 0.6) is 0 Å². The molecule has 0 bridgehead atoms. The summed E-state index contributed by atoms with van der Waals surface area (Å²) in [6, 6.07) is 4.23. The van der Waals surface area contributed by atoms with Gasteiger partial charge >= 0.3 is 12.4 Å². The molecule has 0 aliphatic rings. The maximum absolute atomic E-state index is 12.4. The van der Waals surface area contributed by atoms with Crippen LogP contribution in [0, 0.1) is 0 Å². The average Bonchev–Trinajstić information content (AvgIpc) is 2.25. The summed E-state index contributed by atoms with van der Waals surface area (Å²) < 4.78 is 73.2. The highest BCUT2D eigenvalue weighted by Gasteiger charge is 2.31. The summed E-state index contributed by atoms with van der Waals surface area (Å²) in [6.45, 7) is 1.38. The van der Waals surface area contributed by atoms with Crippen LogP contribution in [0.2, 0.25) is 0 Å². The topological polar surface area (TPSA) is 20.2 Å². The molecule has 0 aromatic heterocycles. The maximum atomic E-state index is 12.4. The smallest absolute Gasteiger partial charge is 0.390 e. The summed E-state index contributed by atoms with van der Waals surface area (Å²) in [6.07, 6.45) is -10.00. The number of halogens is 6. The fraction of sp³-hybridized carbons (Fsp3) is 0.571. The predicted octanol–water partition coefficient (Wildman–Crippen LogP) is 4.73. The van der Waals surface area contributed by atoms with Crippen LogP contribution in [0.1, 0.15) is 37.3 Å². The molecule has 0 saturated heterocycles. The molecular formula is C14H16F6O. The molecule has 1 atom stereocenters. The van der Waals surface area contributed by atoms with Crippen LogP contribution in [-0.4, -0.2) is 16.9 Å². The first-order valence-electron chi connectivity index (χ1n) is 6.34. The van der Waals surface area contributed by atoms with Gasteiger partial charge in [-0.25, -0.2) is 0 Å². The first-order chi connectivity index (χ1) is 9.39. The van der Waals surface area contributed by atoms with Crippen LogP contribution in [0.25, 0.3) is 0 Å². The highest BCUT2D eigenvalue weighted by molar-refractivity contribution is 5.25. The van der Waals surface area contributed by atoms with Crippen LogP contribution in [0.15, 0.2) is 24.3 Å². The monoisotopic (exact) mass is 314 g/mol. The Balaban J connectivity index is 2.59. The van der Waals surface area contributed by atoms with Crippen molar-refractivity contribution in [3.05, 3.63) is 35.4 Å². The number of aliphatic hydroxyl groups is 1. The van der Waals surface area contributed by atoms with Crippen molar-refractivity contribution >= 4 is 0 Å². The minimum absolute atomic E-state index is 0.00297. The van der Waals surface area contributed by atoms with Gasteiger partial charge in [0.05, 0.1) is 11.2 Å². The van der Waals surface area contributed by atoms with Crippen molar-refractivity contribution < 1.29 is 31.4 Å². The van der Waals surface area contributed by atoms with Gasteiger partial charge in [0, 0.05) is 12.8 Å². The lowest BCUT2D eigenvalue weighted by atomic mass is 9.91. The molecule has 7 heteroatoms. The number of alkyl halides is 6. The molecular weight excluding hydrogens is 298 g/mol. The molecule has 1 unspecified atom stereocenters. The molecule has 0 spiro atoms. The van der Waals surface area contributed by atoms with E-state index in [1.165, 1.54) is 19.1 Å². The Morgan fingerprint density at radius 3 is 1.86 bits per heavy atom. The Labute approximate surface area is 118 Å². The second-order valence-corrected chi connectivity index (χ2v) is 5.34. The normalized spacial score (nSPS) is 15.8. The zero-order valence-corrected chi connectivity index (χ0v) is 11.4. The van der Waals surface area contributed by atoms with Crippen molar-refractivity contribution in [2.45, 2.75) is 50.6 Å². The van der Waals surface area contributed by atoms with Crippen LogP contribution < -0.4 is 0 Å². The van der Waals surface area contributed by atoms with Gasteiger partial charge in [0.1, 0.15) is 0 Å². The third-order valence-electron chi connectivity index (χ3n) is 3.04. The zero-order chi connectivity index (χ0) is 16.3. The SMILES string of the molecule is CC(O)(CCCC(F)(F)F)Cc1ccc(C(F)(F)F)cc1. The van der Waals surface area contributed by atoms with E-state index in [0.29, 0.717) is 5.56 Å². The fourth-order valence-corrected chi connectivity index (χ4v) is 2.01. The largest absolute Gasteiger partial charge is 0.416 e. The van der Waals surface area contributed by atoms with E-state index in [4.69, 9.17) is 0 Å². The lowest BCUT2D eigenvalue weighted by Gasteiger charge is -2.24. The highest BCUT2D eigenvalue weighted by Crippen LogP contribution is 2.30. The van der Waals surface area contributed by atoms with E-state index in [1.54, 1.807) is 0 Å². The number of rotatable bonds is 5. The molecule has 0 aliphatic carbocycles. The van der Waals surface area contributed by atoms with Crippen molar-refractivity contribution in [3.8, 4) is 0 Å². The van der Waals surface area contributed by atoms with E-state index < -0.39 is 29.9 Å². The average molecular weight is 314 g/mol. The summed E-state index contributed by atoms with van der Waals surface area (Å²) in [7, 11) is 0. The molecule has 0 aliphatic heterocycles. The minimum atomic E-state index is -4.44. The standard InChI is InChI=1S/C14H16F6O/c1-12(21,7-2-8-13(15,16)17)9-10-3-5-11(6-4-10)14(18,19)20/h3-6,21H,2,7-9H2,1H3. The van der Waals surface area contributed by atoms with Gasteiger partial charge in [-0.15, -0.1) is 0 Å². The summed E-state index contributed by atoms with van der Waals surface area (Å²) in [5.74, 6) is 0. The van der Waals surface area contributed by atoms with E-state index in [9.17, 15) is 31.4 Å². The Kier molecular flexibility index (Phi) is 5.30. The van der Waals surface area contributed by atoms with Crippen molar-refractivity contribution in [2.75, 3.05) is 0 Å². The molecule has 0 amide bonds. The second kappa shape index (κ2) is 6.25. The molecule has 1 N–H and O–H groups in total. The van der Waals surface area contributed by atoms with E-state index in [0.717, 1.165) is 12.1 Å². The van der Waals surface area contributed by atoms with Crippen LogP contribution in [0.3, 0.4) is 0 Å². The summed E-state index contributed by atoms with van der Waals surface area (Å²) in [4.78, 5) is 0. The van der Waals surface area contributed by atoms with Gasteiger partial charge < -0.3 is 5.11 Å². The number of hydrogen-bond acceptors (Lipinski definition) is 1. The quantitative estimate of drug-likeness (QED) is 0.779. The summed E-state index contributed by atoms with van der Waals surface area (Å²) in [5.41, 5.74) is -1.74. The molecule has 0 radical (unpaired) electrons. The molecule has 1 aromatic rings. The Morgan fingerprint density at radius 2 is 1.43 bits per heavy atom. The Morgan fingerprint density at radius 1 is 0.905 bits per heavy atom. The lowest BCUT2D eigenvalue weighted by molar-refractivity contribution is -0.138. The zero-order valence-electron chi connectivity index (χ0n) is 11.4. The van der Waals surface area contributed by atoms with Crippen LogP contribution in [-0.2, 0) is 12.6 Å². The van der Waals surface area contributed by atoms with Crippen molar-refractivity contribution in [1.82, 2.24) is 0 Å². The van der Waals surface area contributed by atoms with E-state index in [1.807, 2.05) is 0 Å². The molecule has 1 nitrogen and oxygen atoms in total. The molecule has 1 rings (SSSR count). The Bertz CT molecular complexity index is 444. The number of hydrogen-bond donors (Lipinski definition) is 1. The van der Waals surface area contributed by atoms with Crippen molar-refractivity contribution in [1.29, 1.82) is 0 Å². The van der Waals surface area contributed by atoms with Gasteiger partial charge in [0.15, 0.2) is 0 Å². The van der Waals surface area contributed by atoms with Gasteiger partial charge in [0.2, 0.25) is 0 Å². The minimum Gasteiger partial charge on any atom is -0.390 e. The molecule has 1 aromatic carbocycles. The molecule has 0 heterocycles. The van der Waals surface area contributed by atoms with Gasteiger partial charge in [-0.05, 0) is 37.5 Å².